The summed E-state index contributed by atoms with van der Waals surface area (Å²) >= 11 is 1.36. The molecule has 0 bridgehead atoms. The van der Waals surface area contributed by atoms with E-state index in [-0.39, 0.29) is 18.6 Å². The summed E-state index contributed by atoms with van der Waals surface area (Å²) in [6, 6.07) is 11.3. The van der Waals surface area contributed by atoms with Crippen molar-refractivity contribution in [1.29, 1.82) is 5.26 Å². The molecule has 33 heavy (non-hydrogen) atoms. The molecule has 0 aliphatic heterocycles. The van der Waals surface area contributed by atoms with Crippen LogP contribution in [0.1, 0.15) is 33.7 Å². The Bertz CT molecular complexity index is 1200. The predicted octanol–water partition coefficient (Wildman–Crippen LogP) is 3.85. The summed E-state index contributed by atoms with van der Waals surface area (Å²) in [5.74, 6) is -0.323. The largest absolute Gasteiger partial charge is 0.446 e. The summed E-state index contributed by atoms with van der Waals surface area (Å²) in [6.07, 6.45) is 8.99. The number of rotatable bonds is 6. The third-order valence-corrected chi connectivity index (χ3v) is 6.26. The van der Waals surface area contributed by atoms with E-state index in [2.05, 4.69) is 26.7 Å². The summed E-state index contributed by atoms with van der Waals surface area (Å²) in [4.78, 5) is 33.7. The third kappa shape index (κ3) is 5.81. The molecule has 2 amide bonds. The predicted molar refractivity (Wildman–Crippen MR) is 124 cm³/mol. The minimum atomic E-state index is -0.500. The monoisotopic (exact) mass is 459 g/mol. The maximum atomic E-state index is 12.4. The summed E-state index contributed by atoms with van der Waals surface area (Å²) in [6.45, 7) is 0.290. The van der Waals surface area contributed by atoms with Crippen molar-refractivity contribution in [3.63, 3.8) is 0 Å². The standard InChI is InChI=1S/C24H21N5O3S/c25-13-20-19-8-7-18(32-24(31)28-15-17-5-1-2-11-27-17)12-21(19)33-23(20)29-22(30)9-6-16-4-3-10-26-14-16/h1-6,9-11,14,18H,7-8,12,15H2,(H,28,31)(H,29,30). The number of fused-ring (bicyclic) bond motifs is 1. The summed E-state index contributed by atoms with van der Waals surface area (Å²) in [5, 5.41) is 15.7. The number of carbonyl (C=O) groups is 2. The van der Waals surface area contributed by atoms with Gasteiger partial charge in [0.05, 0.1) is 17.8 Å². The summed E-state index contributed by atoms with van der Waals surface area (Å²) in [7, 11) is 0. The van der Waals surface area contributed by atoms with Gasteiger partial charge in [-0.05, 0) is 48.2 Å². The van der Waals surface area contributed by atoms with Gasteiger partial charge in [-0.25, -0.2) is 4.79 Å². The van der Waals surface area contributed by atoms with Crippen LogP contribution in [0.15, 0.2) is 55.0 Å². The van der Waals surface area contributed by atoms with Crippen molar-refractivity contribution in [1.82, 2.24) is 15.3 Å². The Labute approximate surface area is 195 Å². The highest BCUT2D eigenvalue weighted by atomic mass is 32.1. The van der Waals surface area contributed by atoms with Gasteiger partial charge in [-0.15, -0.1) is 11.3 Å². The Balaban J connectivity index is 1.36. The van der Waals surface area contributed by atoms with E-state index in [1.54, 1.807) is 30.7 Å². The summed E-state index contributed by atoms with van der Waals surface area (Å²) < 4.78 is 5.56. The van der Waals surface area contributed by atoms with E-state index in [1.165, 1.54) is 17.4 Å². The minimum Gasteiger partial charge on any atom is -0.446 e. The van der Waals surface area contributed by atoms with Crippen LogP contribution in [0.5, 0.6) is 0 Å². The number of aromatic nitrogens is 2. The van der Waals surface area contributed by atoms with Crippen LogP contribution in [0, 0.1) is 11.3 Å². The quantitative estimate of drug-likeness (QED) is 0.541. The molecule has 1 atom stereocenters. The molecule has 0 radical (unpaired) electrons. The molecule has 3 aromatic rings. The number of pyridine rings is 2. The number of carbonyl (C=O) groups excluding carboxylic acids is 2. The number of hydrogen-bond donors (Lipinski definition) is 2. The zero-order valence-corrected chi connectivity index (χ0v) is 18.5. The first kappa shape index (κ1) is 22.2. The lowest BCUT2D eigenvalue weighted by Crippen LogP contribution is -2.31. The van der Waals surface area contributed by atoms with Crippen molar-refractivity contribution in [3.8, 4) is 6.07 Å². The fourth-order valence-corrected chi connectivity index (χ4v) is 4.79. The molecule has 2 N–H and O–H groups in total. The van der Waals surface area contributed by atoms with Crippen LogP contribution in [0.3, 0.4) is 0 Å². The van der Waals surface area contributed by atoms with Gasteiger partial charge in [-0.2, -0.15) is 5.26 Å². The van der Waals surface area contributed by atoms with Gasteiger partial charge in [-0.3, -0.25) is 14.8 Å². The van der Waals surface area contributed by atoms with Crippen LogP contribution in [-0.2, 0) is 28.9 Å². The average Bonchev–Trinajstić information content (AvgIpc) is 3.18. The van der Waals surface area contributed by atoms with Crippen LogP contribution < -0.4 is 10.6 Å². The third-order valence-electron chi connectivity index (χ3n) is 5.09. The zero-order valence-electron chi connectivity index (χ0n) is 17.7. The molecule has 0 aromatic carbocycles. The zero-order chi connectivity index (χ0) is 23.0. The molecule has 8 nitrogen and oxygen atoms in total. The van der Waals surface area contributed by atoms with E-state index in [4.69, 9.17) is 4.74 Å². The topological polar surface area (TPSA) is 117 Å². The van der Waals surface area contributed by atoms with E-state index < -0.39 is 6.09 Å². The number of ether oxygens (including phenoxy) is 1. The fourth-order valence-electron chi connectivity index (χ4n) is 3.52. The smallest absolute Gasteiger partial charge is 0.407 e. The highest BCUT2D eigenvalue weighted by Crippen LogP contribution is 2.38. The Morgan fingerprint density at radius 3 is 2.94 bits per heavy atom. The second-order valence-corrected chi connectivity index (χ2v) is 8.48. The van der Waals surface area contributed by atoms with Crippen molar-refractivity contribution in [3.05, 3.63) is 82.3 Å². The molecule has 0 saturated heterocycles. The van der Waals surface area contributed by atoms with Crippen molar-refractivity contribution in [2.24, 2.45) is 0 Å². The Kier molecular flexibility index (Phi) is 7.07. The molecule has 4 rings (SSSR count). The van der Waals surface area contributed by atoms with Gasteiger partial charge in [0.2, 0.25) is 5.91 Å². The molecular formula is C24H21N5O3S. The highest BCUT2D eigenvalue weighted by Gasteiger charge is 2.28. The van der Waals surface area contributed by atoms with Crippen molar-refractivity contribution < 1.29 is 14.3 Å². The average molecular weight is 460 g/mol. The highest BCUT2D eigenvalue weighted by molar-refractivity contribution is 7.16. The lowest BCUT2D eigenvalue weighted by atomic mass is 9.94. The van der Waals surface area contributed by atoms with Crippen LogP contribution in [0.2, 0.25) is 0 Å². The number of nitrogens with one attached hydrogen (secondary N) is 2. The maximum absolute atomic E-state index is 12.4. The van der Waals surface area contributed by atoms with E-state index in [0.29, 0.717) is 29.8 Å². The fraction of sp³-hybridized carbons (Fsp3) is 0.208. The van der Waals surface area contributed by atoms with Gasteiger partial charge in [0, 0.05) is 36.0 Å². The molecule has 3 heterocycles. The van der Waals surface area contributed by atoms with Crippen LogP contribution >= 0.6 is 11.3 Å². The number of thiophene rings is 1. The maximum Gasteiger partial charge on any atom is 0.407 e. The van der Waals surface area contributed by atoms with Gasteiger partial charge < -0.3 is 15.4 Å². The van der Waals surface area contributed by atoms with Gasteiger partial charge in [0.1, 0.15) is 17.2 Å². The molecule has 0 saturated carbocycles. The van der Waals surface area contributed by atoms with E-state index in [1.807, 2.05) is 24.3 Å². The Morgan fingerprint density at radius 2 is 2.18 bits per heavy atom. The van der Waals surface area contributed by atoms with Crippen molar-refractivity contribution >= 4 is 34.4 Å². The SMILES string of the molecule is N#Cc1c(NC(=O)C=Cc2cccnc2)sc2c1CCC(OC(=O)NCc1ccccn1)C2. The Hall–Kier alpha value is -4.03. The van der Waals surface area contributed by atoms with Gasteiger partial charge in [0.15, 0.2) is 0 Å². The lowest BCUT2D eigenvalue weighted by molar-refractivity contribution is -0.111. The second-order valence-electron chi connectivity index (χ2n) is 7.37. The van der Waals surface area contributed by atoms with Gasteiger partial charge >= 0.3 is 6.09 Å². The van der Waals surface area contributed by atoms with Crippen LogP contribution in [-0.4, -0.2) is 28.1 Å². The van der Waals surface area contributed by atoms with E-state index >= 15 is 0 Å². The molecule has 3 aromatic heterocycles. The molecule has 9 heteroatoms. The van der Waals surface area contributed by atoms with Gasteiger partial charge in [0.25, 0.3) is 0 Å². The van der Waals surface area contributed by atoms with Crippen LogP contribution in [0.4, 0.5) is 9.80 Å². The number of alkyl carbamates (subject to hydrolysis) is 1. The Morgan fingerprint density at radius 1 is 1.27 bits per heavy atom. The number of nitrogens with zero attached hydrogens (tertiary/aromatic N) is 3. The molecule has 1 aliphatic carbocycles. The number of amides is 2. The normalized spacial score (nSPS) is 14.8. The second kappa shape index (κ2) is 10.5. The van der Waals surface area contributed by atoms with E-state index in [9.17, 15) is 14.9 Å². The molecular weight excluding hydrogens is 438 g/mol. The number of nitriles is 1. The number of hydrogen-bond acceptors (Lipinski definition) is 7. The first-order chi connectivity index (χ1) is 16.1. The first-order valence-corrected chi connectivity index (χ1v) is 11.2. The van der Waals surface area contributed by atoms with Crippen molar-refractivity contribution in [2.75, 3.05) is 5.32 Å². The molecule has 1 aliphatic rings. The number of anilines is 1. The lowest BCUT2D eigenvalue weighted by Gasteiger charge is -2.22. The summed E-state index contributed by atoms with van der Waals surface area (Å²) in [5.41, 5.74) is 2.95. The van der Waals surface area contributed by atoms with E-state index in [0.717, 1.165) is 21.7 Å². The molecule has 166 valence electrons. The van der Waals surface area contributed by atoms with Gasteiger partial charge in [-0.1, -0.05) is 12.1 Å². The first-order valence-electron chi connectivity index (χ1n) is 10.4. The molecule has 0 fully saturated rings. The van der Waals surface area contributed by atoms with Crippen LogP contribution in [0.25, 0.3) is 6.08 Å². The molecule has 1 unspecified atom stereocenters. The van der Waals surface area contributed by atoms with Crippen molar-refractivity contribution in [2.45, 2.75) is 31.9 Å². The molecule has 0 spiro atoms. The minimum absolute atomic E-state index is 0.290.